The van der Waals surface area contributed by atoms with Crippen molar-refractivity contribution in [1.82, 2.24) is 0 Å². The first-order valence-electron chi connectivity index (χ1n) is 6.30. The third kappa shape index (κ3) is 41.1. The predicted octanol–water partition coefficient (Wildman–Crippen LogP) is -19.4. The monoisotopic (exact) mass is 592 g/mol. The van der Waals surface area contributed by atoms with Crippen molar-refractivity contribution in [2.75, 3.05) is 0 Å². The SMILES string of the molecule is O.O.O.O.O.O.O.O.O.O.O=C(O)CC(O)(CC(=O)O)C(=O)O.O=C([O-])CC(O)(CC(=O)[O-])C(=O)O.[Li+].[Na+]. The Morgan fingerprint density at radius 3 is 0.737 bits per heavy atom. The first-order chi connectivity index (χ1) is 11.6. The zero-order valence-corrected chi connectivity index (χ0v) is 21.8. The van der Waals surface area contributed by atoms with Crippen LogP contribution in [0.2, 0.25) is 0 Å². The molecule has 0 atom stereocenters. The number of carboxylic acid groups (broad SMARTS) is 6. The van der Waals surface area contributed by atoms with Gasteiger partial charge in [0.05, 0.1) is 12.8 Å². The molecule has 0 bridgehead atoms. The second-order valence-electron chi connectivity index (χ2n) is 4.91. The van der Waals surface area contributed by atoms with E-state index in [4.69, 9.17) is 30.6 Å². The number of carbonyl (C=O) groups is 6. The van der Waals surface area contributed by atoms with Crippen molar-refractivity contribution >= 4 is 35.8 Å². The van der Waals surface area contributed by atoms with Gasteiger partial charge in [-0.15, -0.1) is 0 Å². The summed E-state index contributed by atoms with van der Waals surface area (Å²) in [7, 11) is 0. The van der Waals surface area contributed by atoms with Crippen LogP contribution >= 0.6 is 0 Å². The molecule has 0 unspecified atom stereocenters. The summed E-state index contributed by atoms with van der Waals surface area (Å²) >= 11 is 0. The van der Waals surface area contributed by atoms with Crippen LogP contribution in [0.15, 0.2) is 0 Å². The number of carboxylic acids is 6. The molecule has 0 rings (SSSR count). The maximum atomic E-state index is 10.3. The van der Waals surface area contributed by atoms with E-state index in [9.17, 15) is 39.0 Å². The van der Waals surface area contributed by atoms with Crippen LogP contribution in [0.25, 0.3) is 0 Å². The topological polar surface area (TPSA) is 585 Å². The van der Waals surface area contributed by atoms with Gasteiger partial charge in [0.2, 0.25) is 0 Å². The van der Waals surface area contributed by atoms with Crippen LogP contribution in [0.5, 0.6) is 0 Å². The van der Waals surface area contributed by atoms with Crippen LogP contribution in [-0.4, -0.2) is 132 Å². The summed E-state index contributed by atoms with van der Waals surface area (Å²) < 4.78 is 0. The Morgan fingerprint density at radius 1 is 0.474 bits per heavy atom. The Labute approximate surface area is 245 Å². The second kappa shape index (κ2) is 39.5. The minimum atomic E-state index is -2.86. The zero-order valence-electron chi connectivity index (χ0n) is 19.8. The van der Waals surface area contributed by atoms with Crippen LogP contribution in [0.4, 0.5) is 0 Å². The van der Waals surface area contributed by atoms with E-state index in [2.05, 4.69) is 0 Å². The number of hydrogen-bond acceptors (Lipinski definition) is 10. The average Bonchev–Trinajstić information content (AvgIpc) is 2.34. The maximum Gasteiger partial charge on any atom is 1.00 e. The standard InChI is InChI=1S/2C6H8O7.Li.Na.10H2O/c2*7-3(8)1-6(13,5(11)12)2-4(9)10;;;;;;;;;;;;/h2*13H,1-2H2,(H,7,8)(H,9,10)(H,11,12);;;10*1H2/q;;2*+1;;;;;;;;;;/p-2. The first-order valence-corrected chi connectivity index (χ1v) is 6.30. The van der Waals surface area contributed by atoms with E-state index < -0.39 is 72.7 Å². The molecule has 0 heterocycles. The molecule has 0 radical (unpaired) electrons. The Bertz CT molecular complexity index is 527. The molecule has 26 heteroatoms. The van der Waals surface area contributed by atoms with Gasteiger partial charge in [0.1, 0.15) is 0 Å². The molecule has 0 aromatic carbocycles. The summed E-state index contributed by atoms with van der Waals surface area (Å²) in [6.07, 6.45) is -4.88. The second-order valence-corrected chi connectivity index (χ2v) is 4.91. The van der Waals surface area contributed by atoms with Gasteiger partial charge in [-0.2, -0.15) is 0 Å². The molecule has 0 aromatic rings. The van der Waals surface area contributed by atoms with Crippen molar-refractivity contribution in [2.24, 2.45) is 0 Å². The van der Waals surface area contributed by atoms with E-state index in [0.717, 1.165) is 0 Å². The van der Waals surface area contributed by atoms with Crippen LogP contribution in [0.3, 0.4) is 0 Å². The number of carbonyl (C=O) groups excluding carboxylic acids is 2. The summed E-state index contributed by atoms with van der Waals surface area (Å²) in [5, 5.41) is 71.0. The molecule has 0 aliphatic carbocycles. The summed E-state index contributed by atoms with van der Waals surface area (Å²) in [4.78, 5) is 60.7. The normalized spacial score (nSPS) is 7.42. The molecule has 0 spiro atoms. The molecule has 38 heavy (non-hydrogen) atoms. The summed E-state index contributed by atoms with van der Waals surface area (Å²) in [6, 6.07) is 0. The fraction of sp³-hybridized carbons (Fsp3) is 0.500. The van der Waals surface area contributed by atoms with Crippen molar-refractivity contribution in [3.8, 4) is 0 Å². The van der Waals surface area contributed by atoms with Crippen LogP contribution in [-0.2, 0) is 28.8 Å². The van der Waals surface area contributed by atoms with Crippen molar-refractivity contribution in [2.45, 2.75) is 36.9 Å². The van der Waals surface area contributed by atoms with Gasteiger partial charge >= 0.3 is 72.3 Å². The molecule has 0 aliphatic heterocycles. The molecule has 0 saturated heterocycles. The molecular formula is C12H34LiNaO24. The largest absolute Gasteiger partial charge is 1.00 e. The Morgan fingerprint density at radius 2 is 0.632 bits per heavy atom. The van der Waals surface area contributed by atoms with E-state index in [1.807, 2.05) is 0 Å². The van der Waals surface area contributed by atoms with Gasteiger partial charge in [0.15, 0.2) is 11.2 Å². The zero-order chi connectivity index (χ0) is 21.3. The molecule has 24 nitrogen and oxygen atoms in total. The van der Waals surface area contributed by atoms with Crippen molar-refractivity contribution in [3.05, 3.63) is 0 Å². The van der Waals surface area contributed by atoms with Crippen LogP contribution < -0.4 is 58.6 Å². The predicted molar refractivity (Wildman–Crippen MR) is 105 cm³/mol. The molecule has 0 saturated carbocycles. The molecule has 0 aromatic heterocycles. The fourth-order valence-corrected chi connectivity index (χ4v) is 1.41. The van der Waals surface area contributed by atoms with Crippen molar-refractivity contribution < 1.29 is 173 Å². The van der Waals surface area contributed by atoms with Crippen molar-refractivity contribution in [3.63, 3.8) is 0 Å². The van der Waals surface area contributed by atoms with E-state index in [0.29, 0.717) is 0 Å². The van der Waals surface area contributed by atoms with E-state index in [1.54, 1.807) is 0 Å². The van der Waals surface area contributed by atoms with Gasteiger partial charge in [-0.3, -0.25) is 9.59 Å². The minimum absolute atomic E-state index is 0. The van der Waals surface area contributed by atoms with Crippen molar-refractivity contribution in [1.29, 1.82) is 0 Å². The number of hydrogen-bond donors (Lipinski definition) is 6. The average molecular weight is 592 g/mol. The fourth-order valence-electron chi connectivity index (χ4n) is 1.41. The van der Waals surface area contributed by atoms with Gasteiger partial charge < -0.3 is 105 Å². The van der Waals surface area contributed by atoms with Gasteiger partial charge in [-0.1, -0.05) is 0 Å². The third-order valence-electron chi connectivity index (χ3n) is 2.56. The number of rotatable bonds is 10. The minimum Gasteiger partial charge on any atom is -0.550 e. The van der Waals surface area contributed by atoms with Gasteiger partial charge in [-0.25, -0.2) is 9.59 Å². The summed E-state index contributed by atoms with van der Waals surface area (Å²) in [6.45, 7) is 0. The molecule has 0 fully saturated rings. The number of aliphatic carboxylic acids is 6. The smallest absolute Gasteiger partial charge is 0.550 e. The maximum absolute atomic E-state index is 10.3. The summed E-state index contributed by atoms with van der Waals surface area (Å²) in [5.74, 6) is -10.7. The van der Waals surface area contributed by atoms with E-state index in [-0.39, 0.29) is 103 Å². The quantitative estimate of drug-likeness (QED) is 0.128. The van der Waals surface area contributed by atoms with Gasteiger partial charge in [0.25, 0.3) is 0 Å². The Hall–Kier alpha value is -2.06. The number of aliphatic hydroxyl groups is 2. The molecule has 0 amide bonds. The molecule has 26 N–H and O–H groups in total. The Kier molecular flexibility index (Phi) is 94.6. The summed E-state index contributed by atoms with van der Waals surface area (Å²) in [5.41, 5.74) is -5.60. The van der Waals surface area contributed by atoms with Gasteiger partial charge in [-0.05, 0) is 0 Å². The van der Waals surface area contributed by atoms with Crippen LogP contribution in [0.1, 0.15) is 25.7 Å². The van der Waals surface area contributed by atoms with E-state index in [1.165, 1.54) is 0 Å². The Balaban J connectivity index is -0.0000000192. The molecular weight excluding hydrogens is 558 g/mol. The van der Waals surface area contributed by atoms with E-state index >= 15 is 0 Å². The molecule has 0 aliphatic rings. The van der Waals surface area contributed by atoms with Gasteiger partial charge in [0, 0.05) is 24.8 Å². The van der Waals surface area contributed by atoms with Crippen LogP contribution in [0, 0.1) is 0 Å². The third-order valence-corrected chi connectivity index (χ3v) is 2.56. The first kappa shape index (κ1) is 91.2. The molecule has 228 valence electrons.